The molecule has 0 unspecified atom stereocenters. The first-order valence-corrected chi connectivity index (χ1v) is 15.9. The molecule has 0 aliphatic carbocycles. The smallest absolute Gasteiger partial charge is 0.410 e. The molecule has 0 aromatic heterocycles. The van der Waals surface area contributed by atoms with Crippen LogP contribution in [0.25, 0.3) is 0 Å². The summed E-state index contributed by atoms with van der Waals surface area (Å²) in [7, 11) is -2.15. The molecule has 2 aromatic rings. The van der Waals surface area contributed by atoms with Crippen LogP contribution in [0, 0.1) is 0 Å². The first-order valence-electron chi connectivity index (χ1n) is 13.0. The normalized spacial score (nSPS) is 19.8. The van der Waals surface area contributed by atoms with Gasteiger partial charge >= 0.3 is 6.09 Å². The maximum atomic E-state index is 13.7. The van der Waals surface area contributed by atoms with Gasteiger partial charge in [-0.1, -0.05) is 57.2 Å². The fraction of sp³-hybridized carbons (Fsp3) is 0.552. The number of nitrogens with zero attached hydrogens (tertiary/aromatic N) is 1. The number of rotatable bonds is 6. The second kappa shape index (κ2) is 10.5. The van der Waals surface area contributed by atoms with Crippen molar-refractivity contribution in [1.82, 2.24) is 4.90 Å². The molecule has 36 heavy (non-hydrogen) atoms. The number of amides is 1. The van der Waals surface area contributed by atoms with Crippen LogP contribution in [0.2, 0.25) is 18.1 Å². The second-order valence-corrected chi connectivity index (χ2v) is 17.3. The fourth-order valence-electron chi connectivity index (χ4n) is 4.54. The van der Waals surface area contributed by atoms with Crippen LogP contribution >= 0.6 is 0 Å². The number of nitrogen functional groups attached to an aromatic ring is 2. The molecule has 3 rings (SSSR count). The molecule has 1 saturated heterocycles. The van der Waals surface area contributed by atoms with Crippen molar-refractivity contribution in [3.8, 4) is 0 Å². The van der Waals surface area contributed by atoms with E-state index in [1.165, 1.54) is 0 Å². The number of likely N-dealkylation sites (tertiary alicyclic amines) is 1. The molecule has 1 amide bonds. The van der Waals surface area contributed by atoms with Crippen LogP contribution in [0.4, 0.5) is 16.2 Å². The average molecular weight is 512 g/mol. The second-order valence-electron chi connectivity index (χ2n) is 12.6. The Balaban J connectivity index is 2.01. The van der Waals surface area contributed by atoms with Gasteiger partial charge in [-0.25, -0.2) is 4.79 Å². The lowest BCUT2D eigenvalue weighted by molar-refractivity contribution is -0.00238. The van der Waals surface area contributed by atoms with E-state index in [0.717, 1.165) is 24.0 Å². The minimum atomic E-state index is -2.15. The van der Waals surface area contributed by atoms with E-state index < -0.39 is 13.9 Å². The summed E-state index contributed by atoms with van der Waals surface area (Å²) in [5, 5.41) is 0.0380. The van der Waals surface area contributed by atoms with Gasteiger partial charge in [0.25, 0.3) is 0 Å². The Hall–Kier alpha value is -2.51. The van der Waals surface area contributed by atoms with E-state index in [9.17, 15) is 4.79 Å². The predicted molar refractivity (Wildman–Crippen MR) is 151 cm³/mol. The van der Waals surface area contributed by atoms with Gasteiger partial charge in [-0.15, -0.1) is 0 Å². The monoisotopic (exact) mass is 511 g/mol. The Bertz CT molecular complexity index is 1040. The lowest BCUT2D eigenvalue weighted by atomic mass is 10.0. The Labute approximate surface area is 218 Å². The number of nitrogens with two attached hydrogens (primary N) is 2. The maximum Gasteiger partial charge on any atom is 0.410 e. The summed E-state index contributed by atoms with van der Waals surface area (Å²) in [5.74, 6) is 0. The number of hydrogen-bond donors (Lipinski definition) is 2. The van der Waals surface area contributed by atoms with Crippen LogP contribution in [0.1, 0.15) is 71.6 Å². The molecule has 1 heterocycles. The third-order valence-electron chi connectivity index (χ3n) is 7.48. The summed E-state index contributed by atoms with van der Waals surface area (Å²) < 4.78 is 13.0. The molecule has 0 saturated carbocycles. The van der Waals surface area contributed by atoms with E-state index in [4.69, 9.17) is 20.6 Å². The van der Waals surface area contributed by atoms with E-state index in [0.29, 0.717) is 17.8 Å². The van der Waals surface area contributed by atoms with Crippen LogP contribution in [0.5, 0.6) is 0 Å². The Morgan fingerprint density at radius 2 is 1.64 bits per heavy atom. The highest BCUT2D eigenvalue weighted by Gasteiger charge is 2.47. The third kappa shape index (κ3) is 6.62. The molecular weight excluding hydrogens is 466 g/mol. The Morgan fingerprint density at radius 1 is 1.00 bits per heavy atom. The largest absolute Gasteiger partial charge is 0.444 e. The van der Waals surface area contributed by atoms with Crippen LogP contribution < -0.4 is 11.5 Å². The summed E-state index contributed by atoms with van der Waals surface area (Å²) in [6.45, 7) is 17.0. The van der Waals surface area contributed by atoms with Gasteiger partial charge in [0.15, 0.2) is 8.32 Å². The topological polar surface area (TPSA) is 90.8 Å². The first kappa shape index (κ1) is 28.1. The van der Waals surface area contributed by atoms with Crippen LogP contribution in [0.15, 0.2) is 48.5 Å². The highest BCUT2D eigenvalue weighted by atomic mass is 28.4. The molecule has 1 fully saturated rings. The third-order valence-corrected chi connectivity index (χ3v) is 11.9. The molecule has 1 aliphatic rings. The predicted octanol–water partition coefficient (Wildman–Crippen LogP) is 6.92. The lowest BCUT2D eigenvalue weighted by Crippen LogP contribution is -2.50. The summed E-state index contributed by atoms with van der Waals surface area (Å²) in [5.41, 5.74) is 14.7. The van der Waals surface area contributed by atoms with Crippen LogP contribution in [0.3, 0.4) is 0 Å². The highest BCUT2D eigenvalue weighted by Crippen LogP contribution is 2.44. The number of carbonyl (C=O) groups excluding carboxylic acids is 1. The summed E-state index contributed by atoms with van der Waals surface area (Å²) in [4.78, 5) is 15.7. The summed E-state index contributed by atoms with van der Waals surface area (Å²) >= 11 is 0. The molecule has 0 bridgehead atoms. The van der Waals surface area contributed by atoms with Crippen LogP contribution in [-0.4, -0.2) is 37.0 Å². The number of carbonyl (C=O) groups is 1. The van der Waals surface area contributed by atoms with Gasteiger partial charge in [0.05, 0.1) is 23.5 Å². The molecule has 2 aromatic carbocycles. The van der Waals surface area contributed by atoms with Gasteiger partial charge < -0.3 is 20.6 Å². The van der Waals surface area contributed by atoms with Crippen molar-refractivity contribution >= 4 is 25.8 Å². The molecular formula is C29H45N3O3Si. The molecule has 198 valence electrons. The average Bonchev–Trinajstić information content (AvgIpc) is 3.16. The van der Waals surface area contributed by atoms with Gasteiger partial charge in [0, 0.05) is 6.04 Å². The van der Waals surface area contributed by atoms with Crippen molar-refractivity contribution in [2.24, 2.45) is 0 Å². The first-order chi connectivity index (χ1) is 16.6. The van der Waals surface area contributed by atoms with Gasteiger partial charge in [-0.05, 0) is 81.4 Å². The molecule has 0 radical (unpaired) electrons. The Kier molecular flexibility index (Phi) is 8.16. The highest BCUT2D eigenvalue weighted by molar-refractivity contribution is 6.74. The number of hydrogen-bond acceptors (Lipinski definition) is 5. The zero-order valence-electron chi connectivity index (χ0n) is 23.3. The Morgan fingerprint density at radius 3 is 2.19 bits per heavy atom. The van der Waals surface area contributed by atoms with Gasteiger partial charge in [-0.3, -0.25) is 4.90 Å². The van der Waals surface area contributed by atoms with E-state index in [-0.39, 0.29) is 29.3 Å². The van der Waals surface area contributed by atoms with Crippen LogP contribution in [-0.2, 0) is 15.6 Å². The minimum absolute atomic E-state index is 0.0258. The minimum Gasteiger partial charge on any atom is -0.444 e. The summed E-state index contributed by atoms with van der Waals surface area (Å²) in [6.07, 6.45) is 1.85. The molecule has 1 aliphatic heterocycles. The number of anilines is 2. The van der Waals surface area contributed by atoms with Gasteiger partial charge in [-0.2, -0.15) is 0 Å². The van der Waals surface area contributed by atoms with Gasteiger partial charge in [0.2, 0.25) is 0 Å². The number of benzene rings is 2. The molecule has 7 heteroatoms. The molecule has 3 atom stereocenters. The van der Waals surface area contributed by atoms with Crippen molar-refractivity contribution in [1.29, 1.82) is 0 Å². The number of ether oxygens (including phenoxy) is 1. The van der Waals surface area contributed by atoms with Crippen molar-refractivity contribution in [2.45, 2.75) is 103 Å². The van der Waals surface area contributed by atoms with Crippen molar-refractivity contribution < 1.29 is 14.0 Å². The van der Waals surface area contributed by atoms with E-state index in [1.54, 1.807) is 0 Å². The van der Waals surface area contributed by atoms with Crippen molar-refractivity contribution in [3.63, 3.8) is 0 Å². The molecule has 0 spiro atoms. The van der Waals surface area contributed by atoms with Gasteiger partial charge in [0.1, 0.15) is 5.60 Å². The van der Waals surface area contributed by atoms with E-state index >= 15 is 0 Å². The zero-order valence-corrected chi connectivity index (χ0v) is 24.3. The van der Waals surface area contributed by atoms with Crippen molar-refractivity contribution in [3.05, 3.63) is 59.7 Å². The van der Waals surface area contributed by atoms with Crippen molar-refractivity contribution in [2.75, 3.05) is 11.5 Å². The van der Waals surface area contributed by atoms with E-state index in [1.807, 2.05) is 62.1 Å². The lowest BCUT2D eigenvalue weighted by Gasteiger charge is -2.43. The zero-order chi connectivity index (χ0) is 26.9. The van der Waals surface area contributed by atoms with E-state index in [2.05, 4.69) is 46.0 Å². The standard InChI is InChI=1S/C29H45N3O3Si/c1-28(2,3)34-27(33)32-22(18-20-14-16-23(30)24(31)19-20)15-17-25(32)26(21-12-10-9-11-13-21)35-36(7,8)29(4,5)6/h9-14,16,19,22,25-26H,15,17-18,30-31H2,1-8H3/t22-,25+,26+/m0/s1. The summed E-state index contributed by atoms with van der Waals surface area (Å²) in [6, 6.07) is 15.9. The SMILES string of the molecule is CC(C)(C)OC(=O)N1[C@H](Cc2ccc(N)c(N)c2)CC[C@@H]1[C@H](O[Si](C)(C)C(C)(C)C)c1ccccc1. The maximum absolute atomic E-state index is 13.7. The molecule has 4 N–H and O–H groups in total. The fourth-order valence-corrected chi connectivity index (χ4v) is 5.82. The molecule has 6 nitrogen and oxygen atoms in total. The quantitative estimate of drug-likeness (QED) is 0.324.